The standard InChI is InChI=1S/C14H21ClFN/c1-10(14(2,3)4)17(5)13-8-6-7-12(16)11(13)9-15/h6-8,10H,9H2,1-5H3. The molecular formula is C14H21ClFN. The molecule has 1 unspecified atom stereocenters. The van der Waals surface area contributed by atoms with E-state index >= 15 is 0 Å². The van der Waals surface area contributed by atoms with E-state index in [1.165, 1.54) is 6.07 Å². The van der Waals surface area contributed by atoms with Crippen LogP contribution in [0.3, 0.4) is 0 Å². The second kappa shape index (κ2) is 5.26. The van der Waals surface area contributed by atoms with Crippen LogP contribution in [-0.2, 0) is 5.88 Å². The van der Waals surface area contributed by atoms with Gasteiger partial charge in [0.15, 0.2) is 0 Å². The minimum Gasteiger partial charge on any atom is -0.371 e. The van der Waals surface area contributed by atoms with Crippen molar-refractivity contribution in [2.75, 3.05) is 11.9 Å². The predicted molar refractivity (Wildman–Crippen MR) is 73.3 cm³/mol. The average molecular weight is 258 g/mol. The molecule has 0 aliphatic heterocycles. The van der Waals surface area contributed by atoms with Crippen LogP contribution >= 0.6 is 11.6 Å². The smallest absolute Gasteiger partial charge is 0.129 e. The SMILES string of the molecule is CC(N(C)c1cccc(F)c1CCl)C(C)(C)C. The molecule has 1 atom stereocenters. The summed E-state index contributed by atoms with van der Waals surface area (Å²) in [6, 6.07) is 5.40. The van der Waals surface area contributed by atoms with Crippen molar-refractivity contribution >= 4 is 17.3 Å². The van der Waals surface area contributed by atoms with Gasteiger partial charge < -0.3 is 4.90 Å². The molecule has 1 aromatic rings. The molecule has 0 aliphatic rings. The number of alkyl halides is 1. The van der Waals surface area contributed by atoms with Gasteiger partial charge in [-0.05, 0) is 24.5 Å². The summed E-state index contributed by atoms with van der Waals surface area (Å²) in [4.78, 5) is 2.10. The van der Waals surface area contributed by atoms with E-state index in [0.29, 0.717) is 11.6 Å². The molecule has 96 valence electrons. The van der Waals surface area contributed by atoms with E-state index in [9.17, 15) is 4.39 Å². The largest absolute Gasteiger partial charge is 0.371 e. The second-order valence-electron chi connectivity index (χ2n) is 5.52. The molecule has 0 aliphatic carbocycles. The number of halogens is 2. The van der Waals surface area contributed by atoms with Gasteiger partial charge >= 0.3 is 0 Å². The van der Waals surface area contributed by atoms with Gasteiger partial charge in [0.2, 0.25) is 0 Å². The van der Waals surface area contributed by atoms with Gasteiger partial charge in [0.25, 0.3) is 0 Å². The molecule has 0 radical (unpaired) electrons. The first-order chi connectivity index (χ1) is 7.79. The number of rotatable bonds is 3. The fraction of sp³-hybridized carbons (Fsp3) is 0.571. The first kappa shape index (κ1) is 14.3. The van der Waals surface area contributed by atoms with Gasteiger partial charge in [0, 0.05) is 24.3 Å². The van der Waals surface area contributed by atoms with Crippen molar-refractivity contribution in [2.24, 2.45) is 5.41 Å². The van der Waals surface area contributed by atoms with Crippen molar-refractivity contribution in [1.29, 1.82) is 0 Å². The molecule has 0 spiro atoms. The van der Waals surface area contributed by atoms with Gasteiger partial charge in [0.05, 0.1) is 5.88 Å². The lowest BCUT2D eigenvalue weighted by atomic mass is 9.86. The first-order valence-corrected chi connectivity index (χ1v) is 6.38. The van der Waals surface area contributed by atoms with Crippen molar-refractivity contribution in [3.05, 3.63) is 29.6 Å². The zero-order chi connectivity index (χ0) is 13.2. The maximum absolute atomic E-state index is 13.7. The Morgan fingerprint density at radius 3 is 2.41 bits per heavy atom. The van der Waals surface area contributed by atoms with Crippen LogP contribution in [-0.4, -0.2) is 13.1 Å². The summed E-state index contributed by atoms with van der Waals surface area (Å²) >= 11 is 5.83. The zero-order valence-electron chi connectivity index (χ0n) is 11.2. The lowest BCUT2D eigenvalue weighted by molar-refractivity contribution is 0.329. The normalized spacial score (nSPS) is 13.6. The number of anilines is 1. The van der Waals surface area contributed by atoms with Crippen LogP contribution in [0.4, 0.5) is 10.1 Å². The molecular weight excluding hydrogens is 237 g/mol. The second-order valence-corrected chi connectivity index (χ2v) is 5.79. The summed E-state index contributed by atoms with van der Waals surface area (Å²) in [5.41, 5.74) is 1.58. The van der Waals surface area contributed by atoms with Crippen molar-refractivity contribution in [1.82, 2.24) is 0 Å². The molecule has 1 rings (SSSR count). The molecule has 0 fully saturated rings. The number of hydrogen-bond acceptors (Lipinski definition) is 1. The van der Waals surface area contributed by atoms with E-state index in [2.05, 4.69) is 32.6 Å². The zero-order valence-corrected chi connectivity index (χ0v) is 12.0. The first-order valence-electron chi connectivity index (χ1n) is 5.85. The monoisotopic (exact) mass is 257 g/mol. The van der Waals surface area contributed by atoms with Gasteiger partial charge in [-0.2, -0.15) is 0 Å². The van der Waals surface area contributed by atoms with Crippen LogP contribution < -0.4 is 4.90 Å². The molecule has 0 aromatic heterocycles. The maximum Gasteiger partial charge on any atom is 0.129 e. The molecule has 1 nitrogen and oxygen atoms in total. The highest BCUT2D eigenvalue weighted by molar-refractivity contribution is 6.17. The molecule has 0 bridgehead atoms. The van der Waals surface area contributed by atoms with Crippen LogP contribution in [0.2, 0.25) is 0 Å². The van der Waals surface area contributed by atoms with E-state index in [1.807, 2.05) is 13.1 Å². The van der Waals surface area contributed by atoms with Crippen LogP contribution in [0, 0.1) is 11.2 Å². The number of nitrogens with zero attached hydrogens (tertiary/aromatic N) is 1. The Balaban J connectivity index is 3.12. The van der Waals surface area contributed by atoms with Gasteiger partial charge in [-0.3, -0.25) is 0 Å². The Morgan fingerprint density at radius 1 is 1.35 bits per heavy atom. The quantitative estimate of drug-likeness (QED) is 0.724. The molecule has 0 N–H and O–H groups in total. The molecule has 3 heteroatoms. The molecule has 0 saturated heterocycles. The molecule has 0 amide bonds. The van der Waals surface area contributed by atoms with E-state index in [0.717, 1.165) is 5.69 Å². The van der Waals surface area contributed by atoms with Gasteiger partial charge in [-0.15, -0.1) is 11.6 Å². The molecule has 0 heterocycles. The van der Waals surface area contributed by atoms with E-state index in [-0.39, 0.29) is 17.1 Å². The van der Waals surface area contributed by atoms with E-state index in [1.54, 1.807) is 6.07 Å². The van der Waals surface area contributed by atoms with E-state index < -0.39 is 0 Å². The third-order valence-corrected chi connectivity index (χ3v) is 3.71. The predicted octanol–water partition coefficient (Wildman–Crippen LogP) is 4.44. The van der Waals surface area contributed by atoms with Gasteiger partial charge in [0.1, 0.15) is 5.82 Å². The molecule has 17 heavy (non-hydrogen) atoms. The Morgan fingerprint density at radius 2 is 1.94 bits per heavy atom. The Bertz CT molecular complexity index is 384. The fourth-order valence-corrected chi connectivity index (χ4v) is 2.06. The third-order valence-electron chi connectivity index (χ3n) is 3.44. The third kappa shape index (κ3) is 3.12. The number of benzene rings is 1. The van der Waals surface area contributed by atoms with Crippen molar-refractivity contribution in [3.63, 3.8) is 0 Å². The van der Waals surface area contributed by atoms with E-state index in [4.69, 9.17) is 11.6 Å². The van der Waals surface area contributed by atoms with Gasteiger partial charge in [-0.25, -0.2) is 4.39 Å². The highest BCUT2D eigenvalue weighted by Gasteiger charge is 2.25. The lowest BCUT2D eigenvalue weighted by Crippen LogP contribution is -2.39. The highest BCUT2D eigenvalue weighted by atomic mass is 35.5. The summed E-state index contributed by atoms with van der Waals surface area (Å²) < 4.78 is 13.7. The lowest BCUT2D eigenvalue weighted by Gasteiger charge is -2.37. The molecule has 1 aromatic carbocycles. The minimum absolute atomic E-state index is 0.130. The van der Waals surface area contributed by atoms with Crippen LogP contribution in [0.1, 0.15) is 33.3 Å². The summed E-state index contributed by atoms with van der Waals surface area (Å²) in [5, 5.41) is 0. The average Bonchev–Trinajstić information content (AvgIpc) is 2.25. The Kier molecular flexibility index (Phi) is 4.42. The van der Waals surface area contributed by atoms with Crippen LogP contribution in [0.5, 0.6) is 0 Å². The van der Waals surface area contributed by atoms with Crippen LogP contribution in [0.15, 0.2) is 18.2 Å². The fourth-order valence-electron chi connectivity index (χ4n) is 1.80. The van der Waals surface area contributed by atoms with Gasteiger partial charge in [-0.1, -0.05) is 26.8 Å². The number of hydrogen-bond donors (Lipinski definition) is 0. The summed E-state index contributed by atoms with van der Waals surface area (Å²) in [6.07, 6.45) is 0. The van der Waals surface area contributed by atoms with Crippen molar-refractivity contribution in [2.45, 2.75) is 39.6 Å². The van der Waals surface area contributed by atoms with Crippen LogP contribution in [0.25, 0.3) is 0 Å². The summed E-state index contributed by atoms with van der Waals surface area (Å²) in [6.45, 7) is 8.67. The highest BCUT2D eigenvalue weighted by Crippen LogP contribution is 2.31. The maximum atomic E-state index is 13.7. The van der Waals surface area contributed by atoms with Crippen molar-refractivity contribution < 1.29 is 4.39 Å². The summed E-state index contributed by atoms with van der Waals surface area (Å²) in [7, 11) is 1.99. The topological polar surface area (TPSA) is 3.24 Å². The Labute approximate surface area is 109 Å². The molecule has 0 saturated carbocycles. The summed E-state index contributed by atoms with van der Waals surface area (Å²) in [5.74, 6) is -0.0334. The van der Waals surface area contributed by atoms with Crippen molar-refractivity contribution in [3.8, 4) is 0 Å². The minimum atomic E-state index is -0.231. The Hall–Kier alpha value is -0.760.